The van der Waals surface area contributed by atoms with Crippen molar-refractivity contribution in [1.82, 2.24) is 20.2 Å². The highest BCUT2D eigenvalue weighted by atomic mass is 35.5. The van der Waals surface area contributed by atoms with Crippen molar-refractivity contribution in [3.8, 4) is 0 Å². The number of nitrogens with one attached hydrogen (secondary N) is 1. The Kier molecular flexibility index (Phi) is 3.36. The number of amides is 1. The zero-order valence-electron chi connectivity index (χ0n) is 9.03. The van der Waals surface area contributed by atoms with Gasteiger partial charge in [0.05, 0.1) is 0 Å². The van der Waals surface area contributed by atoms with E-state index >= 15 is 0 Å². The second-order valence-electron chi connectivity index (χ2n) is 3.71. The van der Waals surface area contributed by atoms with E-state index in [-0.39, 0.29) is 11.2 Å². The highest BCUT2D eigenvalue weighted by Crippen LogP contribution is 2.08. The lowest BCUT2D eigenvalue weighted by atomic mass is 10.2. The molecular formula is C10H13ClN4O. The summed E-state index contributed by atoms with van der Waals surface area (Å²) in [6, 6.07) is 1.66. The van der Waals surface area contributed by atoms with Gasteiger partial charge in [0.2, 0.25) is 5.28 Å². The molecule has 5 nitrogen and oxygen atoms in total. The molecule has 6 heteroatoms. The fourth-order valence-corrected chi connectivity index (χ4v) is 1.90. The Morgan fingerprint density at radius 2 is 2.12 bits per heavy atom. The second-order valence-corrected chi connectivity index (χ2v) is 4.04. The van der Waals surface area contributed by atoms with Crippen LogP contribution >= 0.6 is 11.6 Å². The number of carbonyl (C=O) groups excluding carboxylic acids is 1. The molecule has 0 aliphatic carbocycles. The number of carbonyl (C=O) groups is 1. The number of rotatable bonds is 1. The number of aryl methyl sites for hydroxylation is 1. The van der Waals surface area contributed by atoms with Gasteiger partial charge in [0.1, 0.15) is 5.69 Å². The summed E-state index contributed by atoms with van der Waals surface area (Å²) in [5.74, 6) is -0.0751. The zero-order valence-corrected chi connectivity index (χ0v) is 9.79. The van der Waals surface area contributed by atoms with Gasteiger partial charge < -0.3 is 10.2 Å². The van der Waals surface area contributed by atoms with Gasteiger partial charge >= 0.3 is 0 Å². The Hall–Kier alpha value is -1.20. The number of aromatic nitrogens is 2. The highest BCUT2D eigenvalue weighted by molar-refractivity contribution is 6.28. The Labute approximate surface area is 98.8 Å². The molecule has 0 unspecified atom stereocenters. The molecule has 2 rings (SSSR count). The minimum absolute atomic E-state index is 0.0751. The van der Waals surface area contributed by atoms with E-state index < -0.39 is 0 Å². The predicted molar refractivity (Wildman–Crippen MR) is 60.6 cm³/mol. The molecule has 1 aliphatic rings. The summed E-state index contributed by atoms with van der Waals surface area (Å²) in [6.45, 7) is 4.86. The quantitative estimate of drug-likeness (QED) is 0.726. The monoisotopic (exact) mass is 240 g/mol. The molecule has 1 aromatic heterocycles. The summed E-state index contributed by atoms with van der Waals surface area (Å²) in [4.78, 5) is 21.7. The fraction of sp³-hybridized carbons (Fsp3) is 0.500. The molecule has 0 saturated carbocycles. The molecule has 1 aliphatic heterocycles. The van der Waals surface area contributed by atoms with Crippen molar-refractivity contribution < 1.29 is 4.79 Å². The highest BCUT2D eigenvalue weighted by Gasteiger charge is 2.19. The number of hydrogen-bond acceptors (Lipinski definition) is 4. The van der Waals surface area contributed by atoms with Crippen molar-refractivity contribution in [3.05, 3.63) is 22.7 Å². The summed E-state index contributed by atoms with van der Waals surface area (Å²) in [5.41, 5.74) is 1.08. The van der Waals surface area contributed by atoms with Crippen molar-refractivity contribution in [3.63, 3.8) is 0 Å². The topological polar surface area (TPSA) is 58.1 Å². The van der Waals surface area contributed by atoms with Gasteiger partial charge in [-0.2, -0.15) is 0 Å². The largest absolute Gasteiger partial charge is 0.335 e. The van der Waals surface area contributed by atoms with E-state index in [1.165, 1.54) is 0 Å². The van der Waals surface area contributed by atoms with E-state index in [0.29, 0.717) is 24.5 Å². The zero-order chi connectivity index (χ0) is 11.5. The first-order valence-corrected chi connectivity index (χ1v) is 5.56. The summed E-state index contributed by atoms with van der Waals surface area (Å²) in [6.07, 6.45) is 0. The molecule has 1 N–H and O–H groups in total. The molecule has 1 aromatic rings. The van der Waals surface area contributed by atoms with Gasteiger partial charge in [0.15, 0.2) is 0 Å². The van der Waals surface area contributed by atoms with Crippen LogP contribution in [0.5, 0.6) is 0 Å². The van der Waals surface area contributed by atoms with Crippen molar-refractivity contribution in [2.75, 3.05) is 26.2 Å². The molecule has 1 fully saturated rings. The van der Waals surface area contributed by atoms with E-state index in [2.05, 4.69) is 15.3 Å². The first-order valence-electron chi connectivity index (χ1n) is 5.18. The molecule has 0 bridgehead atoms. The first kappa shape index (κ1) is 11.3. The summed E-state index contributed by atoms with van der Waals surface area (Å²) in [5, 5.41) is 3.31. The van der Waals surface area contributed by atoms with Gasteiger partial charge in [-0.3, -0.25) is 4.79 Å². The predicted octanol–water partition coefficient (Wildman–Crippen LogP) is 0.484. The Morgan fingerprint density at radius 3 is 2.75 bits per heavy atom. The van der Waals surface area contributed by atoms with Crippen LogP contribution in [0, 0.1) is 6.92 Å². The lowest BCUT2D eigenvalue weighted by Crippen LogP contribution is -2.46. The molecule has 1 amide bonds. The fourth-order valence-electron chi connectivity index (χ4n) is 1.67. The Bertz CT molecular complexity index is 384. The first-order chi connectivity index (χ1) is 7.66. The van der Waals surface area contributed by atoms with E-state index in [1.807, 2.05) is 0 Å². The number of hydrogen-bond donors (Lipinski definition) is 1. The third kappa shape index (κ3) is 2.48. The van der Waals surface area contributed by atoms with Crippen LogP contribution in [0.1, 0.15) is 16.2 Å². The number of nitrogens with zero attached hydrogens (tertiary/aromatic N) is 3. The second kappa shape index (κ2) is 4.76. The van der Waals surface area contributed by atoms with Crippen molar-refractivity contribution >= 4 is 17.5 Å². The van der Waals surface area contributed by atoms with Crippen LogP contribution in [0.4, 0.5) is 0 Å². The lowest BCUT2D eigenvalue weighted by molar-refractivity contribution is 0.0729. The SMILES string of the molecule is Cc1cc(C(=O)N2CCNCC2)nc(Cl)n1. The van der Waals surface area contributed by atoms with Crippen LogP contribution in [0.3, 0.4) is 0 Å². The van der Waals surface area contributed by atoms with E-state index in [9.17, 15) is 4.79 Å². The minimum Gasteiger partial charge on any atom is -0.335 e. The van der Waals surface area contributed by atoms with Crippen LogP contribution in [-0.4, -0.2) is 47.0 Å². The third-order valence-corrected chi connectivity index (χ3v) is 2.62. The lowest BCUT2D eigenvalue weighted by Gasteiger charge is -2.27. The van der Waals surface area contributed by atoms with Crippen molar-refractivity contribution in [2.24, 2.45) is 0 Å². The molecule has 86 valence electrons. The molecule has 0 spiro atoms. The maximum atomic E-state index is 12.1. The van der Waals surface area contributed by atoms with E-state index in [0.717, 1.165) is 13.1 Å². The molecule has 2 heterocycles. The number of piperazine rings is 1. The van der Waals surface area contributed by atoms with Crippen LogP contribution in [0.2, 0.25) is 5.28 Å². The molecule has 0 aromatic carbocycles. The summed E-state index contributed by atoms with van der Waals surface area (Å²) >= 11 is 5.73. The van der Waals surface area contributed by atoms with Gasteiger partial charge in [-0.1, -0.05) is 0 Å². The van der Waals surface area contributed by atoms with Gasteiger partial charge in [-0.05, 0) is 24.6 Å². The van der Waals surface area contributed by atoms with Gasteiger partial charge in [0, 0.05) is 31.9 Å². The molecule has 0 atom stereocenters. The van der Waals surface area contributed by atoms with E-state index in [4.69, 9.17) is 11.6 Å². The van der Waals surface area contributed by atoms with Crippen LogP contribution in [0.25, 0.3) is 0 Å². The summed E-state index contributed by atoms with van der Waals surface area (Å²) < 4.78 is 0. The summed E-state index contributed by atoms with van der Waals surface area (Å²) in [7, 11) is 0. The van der Waals surface area contributed by atoms with Crippen LogP contribution in [0.15, 0.2) is 6.07 Å². The maximum Gasteiger partial charge on any atom is 0.272 e. The smallest absolute Gasteiger partial charge is 0.272 e. The minimum atomic E-state index is -0.0751. The van der Waals surface area contributed by atoms with Crippen LogP contribution < -0.4 is 5.32 Å². The molecule has 1 saturated heterocycles. The molecule has 16 heavy (non-hydrogen) atoms. The van der Waals surface area contributed by atoms with Gasteiger partial charge in [0.25, 0.3) is 5.91 Å². The van der Waals surface area contributed by atoms with Gasteiger partial charge in [-0.25, -0.2) is 9.97 Å². The maximum absolute atomic E-state index is 12.1. The Morgan fingerprint density at radius 1 is 1.44 bits per heavy atom. The average Bonchev–Trinajstić information content (AvgIpc) is 2.28. The average molecular weight is 241 g/mol. The van der Waals surface area contributed by atoms with E-state index in [1.54, 1.807) is 17.9 Å². The Balaban J connectivity index is 2.19. The normalized spacial score (nSPS) is 16.2. The molecular weight excluding hydrogens is 228 g/mol. The third-order valence-electron chi connectivity index (χ3n) is 2.45. The number of halogens is 1. The van der Waals surface area contributed by atoms with Crippen molar-refractivity contribution in [1.29, 1.82) is 0 Å². The molecule has 0 radical (unpaired) electrons. The van der Waals surface area contributed by atoms with Crippen LogP contribution in [-0.2, 0) is 0 Å². The van der Waals surface area contributed by atoms with Gasteiger partial charge in [-0.15, -0.1) is 0 Å². The standard InChI is InChI=1S/C10H13ClN4O/c1-7-6-8(14-10(11)13-7)9(16)15-4-2-12-3-5-15/h6,12H,2-5H2,1H3. The van der Waals surface area contributed by atoms with Crippen molar-refractivity contribution in [2.45, 2.75) is 6.92 Å².